The Balaban J connectivity index is 1.52. The van der Waals surface area contributed by atoms with Gasteiger partial charge in [-0.15, -0.1) is 0 Å². The van der Waals surface area contributed by atoms with E-state index in [1.165, 1.54) is 25.7 Å². The summed E-state index contributed by atoms with van der Waals surface area (Å²) in [6, 6.07) is 9.12. The maximum atomic E-state index is 12.1. The second-order valence-corrected chi connectivity index (χ2v) is 6.31. The highest BCUT2D eigenvalue weighted by molar-refractivity contribution is 6.04. The first-order valence-electron chi connectivity index (χ1n) is 8.00. The van der Waals surface area contributed by atoms with Crippen molar-refractivity contribution >= 4 is 5.78 Å². The number of carbonyl (C=O) groups is 1. The summed E-state index contributed by atoms with van der Waals surface area (Å²) in [5, 5.41) is 3.41. The number of hydrogen-bond acceptors (Lipinski definition) is 4. The summed E-state index contributed by atoms with van der Waals surface area (Å²) in [4.78, 5) is 14.6. The molecule has 2 unspecified atom stereocenters. The number of nitrogens with zero attached hydrogens (tertiary/aromatic N) is 1. The Morgan fingerprint density at radius 1 is 1.23 bits per heavy atom. The predicted octanol–water partition coefficient (Wildman–Crippen LogP) is 2.61. The lowest BCUT2D eigenvalue weighted by Gasteiger charge is -2.36. The Bertz CT molecular complexity index is 539. The van der Waals surface area contributed by atoms with Gasteiger partial charge in [0.25, 0.3) is 0 Å². The maximum Gasteiger partial charge on any atom is 0.187 e. The summed E-state index contributed by atoms with van der Waals surface area (Å²) in [5.41, 5.74) is 0.683. The summed E-state index contributed by atoms with van der Waals surface area (Å²) in [5.74, 6) is 0.784. The number of nitrogens with one attached hydrogen (secondary N) is 1. The molecule has 1 aromatic rings. The van der Waals surface area contributed by atoms with Crippen LogP contribution in [0.3, 0.4) is 0 Å². The number of piperidine rings is 1. The smallest absolute Gasteiger partial charge is 0.187 e. The molecule has 0 saturated carbocycles. The molecule has 2 aliphatic heterocycles. The van der Waals surface area contributed by atoms with E-state index < -0.39 is 0 Å². The number of ether oxygens (including phenoxy) is 1. The maximum absolute atomic E-state index is 12.1. The summed E-state index contributed by atoms with van der Waals surface area (Å²) >= 11 is 0. The van der Waals surface area contributed by atoms with E-state index in [0.717, 1.165) is 5.75 Å². The van der Waals surface area contributed by atoms with Gasteiger partial charge in [0.2, 0.25) is 0 Å². The van der Waals surface area contributed by atoms with Crippen molar-refractivity contribution < 1.29 is 9.53 Å². The number of ketones is 1. The molecule has 1 aromatic carbocycles. The Kier molecular flexibility index (Phi) is 4.48. The molecule has 0 spiro atoms. The van der Waals surface area contributed by atoms with Crippen LogP contribution in [0.5, 0.6) is 5.75 Å². The van der Waals surface area contributed by atoms with Crippen LogP contribution in [-0.2, 0) is 0 Å². The third-order valence-electron chi connectivity index (χ3n) is 5.04. The highest BCUT2D eigenvalue weighted by Crippen LogP contribution is 2.34. The van der Waals surface area contributed by atoms with E-state index in [9.17, 15) is 4.79 Å². The zero-order valence-corrected chi connectivity index (χ0v) is 13.3. The number of benzene rings is 1. The Morgan fingerprint density at radius 3 is 2.45 bits per heavy atom. The van der Waals surface area contributed by atoms with Crippen molar-refractivity contribution in [1.82, 2.24) is 10.2 Å². The number of methoxy groups -OCH3 is 1. The summed E-state index contributed by atoms with van der Waals surface area (Å²) in [6.45, 7) is 0. The van der Waals surface area contributed by atoms with E-state index in [4.69, 9.17) is 4.74 Å². The fourth-order valence-corrected chi connectivity index (χ4v) is 3.66. The highest BCUT2D eigenvalue weighted by Gasteiger charge is 2.37. The minimum atomic E-state index is 0.0195. The number of fused-ring (bicyclic) bond motifs is 2. The Morgan fingerprint density at radius 2 is 1.86 bits per heavy atom. The van der Waals surface area contributed by atoms with Crippen molar-refractivity contribution in [2.75, 3.05) is 14.2 Å². The molecule has 3 rings (SSSR count). The van der Waals surface area contributed by atoms with Gasteiger partial charge in [-0.1, -0.05) is 0 Å². The molecule has 2 fully saturated rings. The number of hydrogen-bond donors (Lipinski definition) is 1. The van der Waals surface area contributed by atoms with Crippen LogP contribution in [0, 0.1) is 0 Å². The SMILES string of the molecule is COc1ccc(C(=O)/C=C/NC2CC3CCC(C2)N3C)cc1. The fourth-order valence-electron chi connectivity index (χ4n) is 3.66. The van der Waals surface area contributed by atoms with Crippen molar-refractivity contribution in [3.8, 4) is 5.75 Å². The van der Waals surface area contributed by atoms with Crippen LogP contribution in [0.1, 0.15) is 36.0 Å². The van der Waals surface area contributed by atoms with Crippen LogP contribution < -0.4 is 10.1 Å². The number of rotatable bonds is 5. The zero-order valence-electron chi connectivity index (χ0n) is 13.3. The molecule has 2 atom stereocenters. The van der Waals surface area contributed by atoms with Crippen LogP contribution in [0.4, 0.5) is 0 Å². The molecule has 0 aliphatic carbocycles. The Labute approximate surface area is 132 Å². The van der Waals surface area contributed by atoms with Gasteiger partial charge >= 0.3 is 0 Å². The topological polar surface area (TPSA) is 41.6 Å². The first-order valence-corrected chi connectivity index (χ1v) is 8.00. The lowest BCUT2D eigenvalue weighted by atomic mass is 9.98. The average molecular weight is 300 g/mol. The largest absolute Gasteiger partial charge is 0.497 e. The van der Waals surface area contributed by atoms with Gasteiger partial charge in [0, 0.05) is 36.0 Å². The van der Waals surface area contributed by atoms with Gasteiger partial charge in [0.1, 0.15) is 5.75 Å². The van der Waals surface area contributed by atoms with Crippen molar-refractivity contribution in [2.24, 2.45) is 0 Å². The lowest BCUT2D eigenvalue weighted by molar-refractivity contribution is 0.104. The monoisotopic (exact) mass is 300 g/mol. The molecule has 2 aliphatic rings. The summed E-state index contributed by atoms with van der Waals surface area (Å²) in [6.07, 6.45) is 8.42. The minimum absolute atomic E-state index is 0.0195. The van der Waals surface area contributed by atoms with Gasteiger partial charge in [-0.25, -0.2) is 0 Å². The molecule has 0 aromatic heterocycles. The zero-order chi connectivity index (χ0) is 15.5. The lowest BCUT2D eigenvalue weighted by Crippen LogP contribution is -2.45. The van der Waals surface area contributed by atoms with E-state index in [0.29, 0.717) is 23.7 Å². The second kappa shape index (κ2) is 6.53. The van der Waals surface area contributed by atoms with Gasteiger partial charge in [-0.3, -0.25) is 4.79 Å². The van der Waals surface area contributed by atoms with Crippen LogP contribution in [0.25, 0.3) is 0 Å². The molecule has 0 amide bonds. The first kappa shape index (κ1) is 15.1. The molecule has 22 heavy (non-hydrogen) atoms. The van der Waals surface area contributed by atoms with Crippen LogP contribution >= 0.6 is 0 Å². The third kappa shape index (κ3) is 3.17. The van der Waals surface area contributed by atoms with E-state index in [-0.39, 0.29) is 5.78 Å². The quantitative estimate of drug-likeness (QED) is 0.670. The van der Waals surface area contributed by atoms with Gasteiger partial charge in [0.15, 0.2) is 5.78 Å². The number of allylic oxidation sites excluding steroid dienone is 1. The van der Waals surface area contributed by atoms with Crippen LogP contribution in [0.15, 0.2) is 36.5 Å². The third-order valence-corrected chi connectivity index (χ3v) is 5.04. The summed E-state index contributed by atoms with van der Waals surface area (Å²) in [7, 11) is 3.86. The predicted molar refractivity (Wildman–Crippen MR) is 87.2 cm³/mol. The molecular formula is C18H24N2O2. The molecule has 1 N–H and O–H groups in total. The fraction of sp³-hybridized carbons (Fsp3) is 0.500. The molecule has 2 bridgehead atoms. The average Bonchev–Trinajstić information content (AvgIpc) is 2.76. The molecule has 2 heterocycles. The Hall–Kier alpha value is -1.81. The van der Waals surface area contributed by atoms with E-state index in [1.54, 1.807) is 25.3 Å². The van der Waals surface area contributed by atoms with E-state index in [1.807, 2.05) is 18.3 Å². The molecule has 4 heteroatoms. The standard InChI is InChI=1S/C18H24N2O2/c1-20-15-5-6-16(20)12-14(11-15)19-10-9-18(21)13-3-7-17(22-2)8-4-13/h3-4,7-10,14-16,19H,5-6,11-12H2,1-2H3/b10-9+. The molecule has 2 saturated heterocycles. The van der Waals surface area contributed by atoms with Gasteiger partial charge in [-0.2, -0.15) is 0 Å². The normalized spacial score (nSPS) is 28.0. The second-order valence-electron chi connectivity index (χ2n) is 6.31. The molecular weight excluding hydrogens is 276 g/mol. The summed E-state index contributed by atoms with van der Waals surface area (Å²) < 4.78 is 5.10. The van der Waals surface area contributed by atoms with Gasteiger partial charge < -0.3 is 15.0 Å². The van der Waals surface area contributed by atoms with Crippen LogP contribution in [-0.4, -0.2) is 43.0 Å². The van der Waals surface area contributed by atoms with E-state index >= 15 is 0 Å². The molecule has 0 radical (unpaired) electrons. The van der Waals surface area contributed by atoms with E-state index in [2.05, 4.69) is 17.3 Å². The first-order chi connectivity index (χ1) is 10.7. The van der Waals surface area contributed by atoms with Crippen molar-refractivity contribution in [3.05, 3.63) is 42.1 Å². The van der Waals surface area contributed by atoms with Gasteiger partial charge in [0.05, 0.1) is 7.11 Å². The van der Waals surface area contributed by atoms with Crippen LogP contribution in [0.2, 0.25) is 0 Å². The van der Waals surface area contributed by atoms with Crippen molar-refractivity contribution in [2.45, 2.75) is 43.8 Å². The number of carbonyl (C=O) groups excluding carboxylic acids is 1. The highest BCUT2D eigenvalue weighted by atomic mass is 16.5. The van der Waals surface area contributed by atoms with Crippen molar-refractivity contribution in [3.63, 3.8) is 0 Å². The minimum Gasteiger partial charge on any atom is -0.497 e. The van der Waals surface area contributed by atoms with Gasteiger partial charge in [-0.05, 0) is 57.0 Å². The molecule has 4 nitrogen and oxygen atoms in total. The van der Waals surface area contributed by atoms with Crippen molar-refractivity contribution in [1.29, 1.82) is 0 Å². The molecule has 118 valence electrons.